The number of amides is 1. The van der Waals surface area contributed by atoms with Crippen molar-refractivity contribution in [2.75, 3.05) is 33.3 Å². The molecule has 0 fully saturated rings. The molecular formula is C18H21NO5. The van der Waals surface area contributed by atoms with E-state index in [0.717, 1.165) is 5.75 Å². The number of hydrogen-bond acceptors (Lipinski definition) is 5. The molecule has 2 aromatic rings. The summed E-state index contributed by atoms with van der Waals surface area (Å²) >= 11 is 0. The van der Waals surface area contributed by atoms with Gasteiger partial charge in [0.05, 0.1) is 33.5 Å². The van der Waals surface area contributed by atoms with E-state index in [1.165, 1.54) is 21.3 Å². The number of hydrogen-bond donors (Lipinski definition) is 1. The highest BCUT2D eigenvalue weighted by Crippen LogP contribution is 2.35. The van der Waals surface area contributed by atoms with E-state index in [1.807, 2.05) is 6.92 Å². The van der Waals surface area contributed by atoms with E-state index >= 15 is 0 Å². The van der Waals surface area contributed by atoms with Crippen LogP contribution in [-0.4, -0.2) is 33.8 Å². The number of methoxy groups -OCH3 is 3. The summed E-state index contributed by atoms with van der Waals surface area (Å²) < 4.78 is 21.1. The highest BCUT2D eigenvalue weighted by Gasteiger charge is 2.17. The van der Waals surface area contributed by atoms with Gasteiger partial charge in [-0.25, -0.2) is 0 Å². The maximum atomic E-state index is 12.6. The molecule has 0 saturated heterocycles. The molecule has 6 nitrogen and oxygen atoms in total. The number of ether oxygens (including phenoxy) is 4. The van der Waals surface area contributed by atoms with Crippen molar-refractivity contribution < 1.29 is 23.7 Å². The van der Waals surface area contributed by atoms with E-state index < -0.39 is 0 Å². The molecule has 2 rings (SSSR count). The first-order valence-electron chi connectivity index (χ1n) is 7.47. The average molecular weight is 331 g/mol. The molecule has 0 atom stereocenters. The molecule has 0 spiro atoms. The van der Waals surface area contributed by atoms with Crippen molar-refractivity contribution >= 4 is 11.6 Å². The van der Waals surface area contributed by atoms with E-state index in [2.05, 4.69) is 5.32 Å². The zero-order valence-corrected chi connectivity index (χ0v) is 14.2. The monoisotopic (exact) mass is 331 g/mol. The van der Waals surface area contributed by atoms with E-state index in [0.29, 0.717) is 35.1 Å². The molecule has 1 amide bonds. The summed E-state index contributed by atoms with van der Waals surface area (Å²) in [7, 11) is 4.53. The van der Waals surface area contributed by atoms with Gasteiger partial charge in [0.15, 0.2) is 11.5 Å². The van der Waals surface area contributed by atoms with Gasteiger partial charge in [-0.3, -0.25) is 4.79 Å². The first-order valence-corrected chi connectivity index (χ1v) is 7.47. The third-order valence-corrected chi connectivity index (χ3v) is 3.37. The van der Waals surface area contributed by atoms with Crippen LogP contribution in [0.15, 0.2) is 36.4 Å². The molecule has 0 heterocycles. The minimum atomic E-state index is -0.308. The van der Waals surface area contributed by atoms with Crippen LogP contribution in [0.2, 0.25) is 0 Å². The summed E-state index contributed by atoms with van der Waals surface area (Å²) in [6, 6.07) is 10.3. The highest BCUT2D eigenvalue weighted by atomic mass is 16.5. The molecule has 0 radical (unpaired) electrons. The molecular weight excluding hydrogens is 310 g/mol. The van der Waals surface area contributed by atoms with Crippen LogP contribution >= 0.6 is 0 Å². The normalized spacial score (nSPS) is 10.0. The molecule has 0 aromatic heterocycles. The van der Waals surface area contributed by atoms with Crippen molar-refractivity contribution in [1.82, 2.24) is 0 Å². The summed E-state index contributed by atoms with van der Waals surface area (Å²) in [5.74, 6) is 1.79. The molecule has 0 aliphatic rings. The van der Waals surface area contributed by atoms with Gasteiger partial charge in [0.1, 0.15) is 11.5 Å². The average Bonchev–Trinajstić information content (AvgIpc) is 2.62. The van der Waals surface area contributed by atoms with Gasteiger partial charge in [0, 0.05) is 17.8 Å². The van der Waals surface area contributed by atoms with Crippen LogP contribution in [0.5, 0.6) is 23.0 Å². The third-order valence-electron chi connectivity index (χ3n) is 3.37. The SMILES string of the molecule is CCOc1ccc(NC(=O)c2cc(OC)c(OC)cc2OC)cc1. The Balaban J connectivity index is 2.25. The second kappa shape index (κ2) is 8.10. The Morgan fingerprint density at radius 3 is 2.04 bits per heavy atom. The van der Waals surface area contributed by atoms with E-state index in [9.17, 15) is 4.79 Å². The number of nitrogens with one attached hydrogen (secondary N) is 1. The summed E-state index contributed by atoms with van der Waals surface area (Å²) in [4.78, 5) is 12.6. The molecule has 0 saturated carbocycles. The lowest BCUT2D eigenvalue weighted by atomic mass is 10.1. The summed E-state index contributed by atoms with van der Waals surface area (Å²) in [5.41, 5.74) is 1.00. The Morgan fingerprint density at radius 2 is 1.50 bits per heavy atom. The topological polar surface area (TPSA) is 66.0 Å². The fourth-order valence-electron chi connectivity index (χ4n) is 2.21. The molecule has 0 unspecified atom stereocenters. The van der Waals surface area contributed by atoms with Crippen molar-refractivity contribution in [3.8, 4) is 23.0 Å². The fraction of sp³-hybridized carbons (Fsp3) is 0.278. The number of benzene rings is 2. The lowest BCUT2D eigenvalue weighted by Gasteiger charge is -2.14. The van der Waals surface area contributed by atoms with Crippen molar-refractivity contribution in [2.45, 2.75) is 6.92 Å². The van der Waals surface area contributed by atoms with Crippen molar-refractivity contribution in [3.05, 3.63) is 42.0 Å². The summed E-state index contributed by atoms with van der Waals surface area (Å²) in [6.07, 6.45) is 0. The fourth-order valence-corrected chi connectivity index (χ4v) is 2.21. The molecule has 128 valence electrons. The smallest absolute Gasteiger partial charge is 0.259 e. The standard InChI is InChI=1S/C18H21NO5/c1-5-24-13-8-6-12(7-9-13)19-18(20)14-10-16(22-3)17(23-4)11-15(14)21-2/h6-11H,5H2,1-4H3,(H,19,20). The predicted molar refractivity (Wildman–Crippen MR) is 91.7 cm³/mol. The maximum absolute atomic E-state index is 12.6. The second-order valence-corrected chi connectivity index (χ2v) is 4.82. The van der Waals surface area contributed by atoms with Gasteiger partial charge in [0.25, 0.3) is 5.91 Å². The van der Waals surface area contributed by atoms with E-state index in [4.69, 9.17) is 18.9 Å². The second-order valence-electron chi connectivity index (χ2n) is 4.82. The Bertz CT molecular complexity index is 697. The summed E-state index contributed by atoms with van der Waals surface area (Å²) in [5, 5.41) is 2.82. The van der Waals surface area contributed by atoms with Crippen LogP contribution in [0.1, 0.15) is 17.3 Å². The maximum Gasteiger partial charge on any atom is 0.259 e. The lowest BCUT2D eigenvalue weighted by molar-refractivity contribution is 0.102. The largest absolute Gasteiger partial charge is 0.496 e. The molecule has 0 bridgehead atoms. The van der Waals surface area contributed by atoms with Crippen LogP contribution in [0.25, 0.3) is 0 Å². The Labute approximate surface area is 141 Å². The third kappa shape index (κ3) is 3.90. The molecule has 2 aromatic carbocycles. The lowest BCUT2D eigenvalue weighted by Crippen LogP contribution is -2.13. The van der Waals surface area contributed by atoms with Gasteiger partial charge < -0.3 is 24.3 Å². The first kappa shape index (κ1) is 17.5. The van der Waals surface area contributed by atoms with Gasteiger partial charge >= 0.3 is 0 Å². The number of anilines is 1. The number of rotatable bonds is 7. The highest BCUT2D eigenvalue weighted by molar-refractivity contribution is 6.06. The van der Waals surface area contributed by atoms with Gasteiger partial charge in [0.2, 0.25) is 0 Å². The Hall–Kier alpha value is -2.89. The van der Waals surface area contributed by atoms with Crippen LogP contribution in [-0.2, 0) is 0 Å². The van der Waals surface area contributed by atoms with Crippen molar-refractivity contribution in [2.24, 2.45) is 0 Å². The first-order chi connectivity index (χ1) is 11.6. The Morgan fingerprint density at radius 1 is 0.917 bits per heavy atom. The van der Waals surface area contributed by atoms with Crippen LogP contribution in [0.3, 0.4) is 0 Å². The molecule has 0 aliphatic heterocycles. The van der Waals surface area contributed by atoms with Gasteiger partial charge in [-0.2, -0.15) is 0 Å². The minimum Gasteiger partial charge on any atom is -0.496 e. The van der Waals surface area contributed by atoms with Gasteiger partial charge in [-0.1, -0.05) is 0 Å². The van der Waals surface area contributed by atoms with Crippen molar-refractivity contribution in [3.63, 3.8) is 0 Å². The predicted octanol–water partition coefficient (Wildman–Crippen LogP) is 3.36. The molecule has 1 N–H and O–H groups in total. The summed E-state index contributed by atoms with van der Waals surface area (Å²) in [6.45, 7) is 2.51. The van der Waals surface area contributed by atoms with Gasteiger partial charge in [-0.05, 0) is 31.2 Å². The van der Waals surface area contributed by atoms with E-state index in [-0.39, 0.29) is 5.91 Å². The van der Waals surface area contributed by atoms with Crippen LogP contribution < -0.4 is 24.3 Å². The van der Waals surface area contributed by atoms with Crippen LogP contribution in [0.4, 0.5) is 5.69 Å². The molecule has 0 aliphatic carbocycles. The number of carbonyl (C=O) groups is 1. The van der Waals surface area contributed by atoms with Crippen molar-refractivity contribution in [1.29, 1.82) is 0 Å². The van der Waals surface area contributed by atoms with Crippen LogP contribution in [0, 0.1) is 0 Å². The minimum absolute atomic E-state index is 0.308. The quantitative estimate of drug-likeness (QED) is 0.843. The molecule has 6 heteroatoms. The zero-order chi connectivity index (χ0) is 17.5. The Kier molecular flexibility index (Phi) is 5.89. The number of carbonyl (C=O) groups excluding carboxylic acids is 1. The van der Waals surface area contributed by atoms with Gasteiger partial charge in [-0.15, -0.1) is 0 Å². The zero-order valence-electron chi connectivity index (χ0n) is 14.2. The van der Waals surface area contributed by atoms with E-state index in [1.54, 1.807) is 36.4 Å². The molecule has 24 heavy (non-hydrogen) atoms.